The van der Waals surface area contributed by atoms with Gasteiger partial charge in [0, 0.05) is 10.9 Å². The van der Waals surface area contributed by atoms with E-state index in [9.17, 15) is 9.59 Å². The van der Waals surface area contributed by atoms with Crippen molar-refractivity contribution in [3.8, 4) is 5.75 Å². The third-order valence-corrected chi connectivity index (χ3v) is 6.95. The molecule has 0 saturated carbocycles. The highest BCUT2D eigenvalue weighted by Crippen LogP contribution is 2.42. The van der Waals surface area contributed by atoms with Gasteiger partial charge in [-0.2, -0.15) is 0 Å². The van der Waals surface area contributed by atoms with E-state index < -0.39 is 11.9 Å². The molecule has 0 saturated heterocycles. The van der Waals surface area contributed by atoms with Crippen molar-refractivity contribution >= 4 is 49.3 Å². The average molecular weight is 526 g/mol. The molecule has 2 aromatic carbocycles. The minimum absolute atomic E-state index is 0.0382. The number of carbonyl (C=O) groups excluding carboxylic acids is 1. The van der Waals surface area contributed by atoms with Crippen molar-refractivity contribution in [2.45, 2.75) is 26.3 Å². The van der Waals surface area contributed by atoms with Gasteiger partial charge in [-0.25, -0.2) is 0 Å². The maximum atomic E-state index is 13.6. The number of carbonyl (C=O) groups is 1. The fourth-order valence-electron chi connectivity index (χ4n) is 4.02. The number of aromatic nitrogens is 2. The van der Waals surface area contributed by atoms with Crippen LogP contribution in [0.1, 0.15) is 46.6 Å². The van der Waals surface area contributed by atoms with Crippen LogP contribution in [-0.2, 0) is 6.42 Å². The molecular formula is C24H20BrN3O4S. The van der Waals surface area contributed by atoms with Crippen LogP contribution in [0.25, 0.3) is 11.0 Å². The molecule has 1 unspecified atom stereocenters. The number of methoxy groups -OCH3 is 1. The summed E-state index contributed by atoms with van der Waals surface area (Å²) in [7, 11) is 1.59. The summed E-state index contributed by atoms with van der Waals surface area (Å²) in [5.41, 5.74) is 1.18. The molecule has 0 N–H and O–H groups in total. The number of benzene rings is 2. The molecule has 1 atom stereocenters. The lowest BCUT2D eigenvalue weighted by atomic mass is 9.98. The van der Waals surface area contributed by atoms with Crippen molar-refractivity contribution in [1.82, 2.24) is 10.2 Å². The van der Waals surface area contributed by atoms with Crippen molar-refractivity contribution in [3.05, 3.63) is 79.1 Å². The van der Waals surface area contributed by atoms with Crippen LogP contribution in [0.4, 0.5) is 5.13 Å². The van der Waals surface area contributed by atoms with Gasteiger partial charge >= 0.3 is 0 Å². The van der Waals surface area contributed by atoms with Crippen molar-refractivity contribution in [3.63, 3.8) is 0 Å². The highest BCUT2D eigenvalue weighted by atomic mass is 79.9. The summed E-state index contributed by atoms with van der Waals surface area (Å²) in [5.74, 6) is 0.720. The Morgan fingerprint density at radius 2 is 1.91 bits per heavy atom. The van der Waals surface area contributed by atoms with E-state index in [0.717, 1.165) is 21.5 Å². The van der Waals surface area contributed by atoms with Crippen LogP contribution in [0.15, 0.2) is 56.1 Å². The summed E-state index contributed by atoms with van der Waals surface area (Å²) >= 11 is 4.78. The summed E-state index contributed by atoms with van der Waals surface area (Å²) in [6.45, 7) is 4.20. The lowest BCUT2D eigenvalue weighted by molar-refractivity contribution is 0.0970. The molecule has 2 aromatic heterocycles. The SMILES string of the molecule is COc1ccc(C2c3c(oc4ccc(Br)cc4c3=O)C(=O)N2c2nnc(CC(C)C)s2)cc1. The summed E-state index contributed by atoms with van der Waals surface area (Å²) in [5, 5.41) is 10.3. The molecule has 0 fully saturated rings. The predicted octanol–water partition coefficient (Wildman–Crippen LogP) is 5.36. The maximum Gasteiger partial charge on any atom is 0.297 e. The molecule has 0 aliphatic carbocycles. The molecule has 5 rings (SSSR count). The zero-order valence-corrected chi connectivity index (χ0v) is 20.6. The van der Waals surface area contributed by atoms with Crippen LogP contribution in [0.3, 0.4) is 0 Å². The van der Waals surface area contributed by atoms with Gasteiger partial charge in [-0.1, -0.05) is 53.2 Å². The molecule has 168 valence electrons. The molecule has 0 radical (unpaired) electrons. The number of amides is 1. The summed E-state index contributed by atoms with van der Waals surface area (Å²) in [6.07, 6.45) is 0.759. The topological polar surface area (TPSA) is 85.5 Å². The second-order valence-electron chi connectivity index (χ2n) is 8.24. The zero-order chi connectivity index (χ0) is 23.3. The first-order valence-corrected chi connectivity index (χ1v) is 12.0. The maximum absolute atomic E-state index is 13.6. The van der Waals surface area contributed by atoms with E-state index in [1.807, 2.05) is 12.1 Å². The van der Waals surface area contributed by atoms with Gasteiger partial charge in [-0.15, -0.1) is 10.2 Å². The van der Waals surface area contributed by atoms with E-state index >= 15 is 0 Å². The molecule has 1 amide bonds. The number of nitrogens with zero attached hydrogens (tertiary/aromatic N) is 3. The summed E-state index contributed by atoms with van der Waals surface area (Å²) in [4.78, 5) is 28.8. The smallest absolute Gasteiger partial charge is 0.297 e. The van der Waals surface area contributed by atoms with Crippen LogP contribution < -0.4 is 15.1 Å². The van der Waals surface area contributed by atoms with Crippen molar-refractivity contribution in [1.29, 1.82) is 0 Å². The molecule has 33 heavy (non-hydrogen) atoms. The monoisotopic (exact) mass is 525 g/mol. The Morgan fingerprint density at radius 1 is 1.15 bits per heavy atom. The van der Waals surface area contributed by atoms with E-state index in [4.69, 9.17) is 9.15 Å². The van der Waals surface area contributed by atoms with Crippen molar-refractivity contribution < 1.29 is 13.9 Å². The second kappa shape index (κ2) is 8.39. The van der Waals surface area contributed by atoms with Gasteiger partial charge < -0.3 is 9.15 Å². The van der Waals surface area contributed by atoms with E-state index in [1.54, 1.807) is 37.4 Å². The lowest BCUT2D eigenvalue weighted by Gasteiger charge is -2.22. The Kier molecular flexibility index (Phi) is 5.54. The first-order valence-electron chi connectivity index (χ1n) is 10.4. The van der Waals surface area contributed by atoms with Gasteiger partial charge in [0.15, 0.2) is 5.43 Å². The Balaban J connectivity index is 1.73. The fourth-order valence-corrected chi connectivity index (χ4v) is 5.46. The number of ether oxygens (including phenoxy) is 1. The summed E-state index contributed by atoms with van der Waals surface area (Å²) in [6, 6.07) is 11.8. The minimum atomic E-state index is -0.683. The van der Waals surface area contributed by atoms with Gasteiger partial charge in [0.2, 0.25) is 10.9 Å². The molecule has 9 heteroatoms. The van der Waals surface area contributed by atoms with Crippen molar-refractivity contribution in [2.75, 3.05) is 12.0 Å². The Labute approximate surface area is 202 Å². The molecule has 3 heterocycles. The number of hydrogen-bond acceptors (Lipinski definition) is 7. The molecule has 0 bridgehead atoms. The molecule has 4 aromatic rings. The van der Waals surface area contributed by atoms with Gasteiger partial charge in [0.25, 0.3) is 5.91 Å². The normalized spacial score (nSPS) is 15.5. The minimum Gasteiger partial charge on any atom is -0.497 e. The number of rotatable bonds is 5. The third-order valence-electron chi connectivity index (χ3n) is 5.51. The van der Waals surface area contributed by atoms with Gasteiger partial charge in [-0.05, 0) is 41.8 Å². The Bertz CT molecular complexity index is 1430. The lowest BCUT2D eigenvalue weighted by Crippen LogP contribution is -2.29. The molecule has 0 spiro atoms. The van der Waals surface area contributed by atoms with Crippen LogP contribution in [0.5, 0.6) is 5.75 Å². The highest BCUT2D eigenvalue weighted by Gasteiger charge is 2.45. The second-order valence-corrected chi connectivity index (χ2v) is 10.2. The molecule has 1 aliphatic rings. The first-order chi connectivity index (χ1) is 15.9. The van der Waals surface area contributed by atoms with E-state index in [-0.39, 0.29) is 11.2 Å². The van der Waals surface area contributed by atoms with E-state index in [1.165, 1.54) is 16.2 Å². The Morgan fingerprint density at radius 3 is 2.61 bits per heavy atom. The highest BCUT2D eigenvalue weighted by molar-refractivity contribution is 9.10. The van der Waals surface area contributed by atoms with E-state index in [2.05, 4.69) is 40.0 Å². The third kappa shape index (κ3) is 3.75. The first kappa shape index (κ1) is 21.8. The standard InChI is InChI=1S/C24H20BrN3O4S/c1-12(2)10-18-26-27-24(33-18)28-20(13-4-7-15(31-3)8-5-13)19-21(29)16-11-14(25)6-9-17(16)32-22(19)23(28)30/h4-9,11-12,20H,10H2,1-3H3. The predicted molar refractivity (Wildman–Crippen MR) is 130 cm³/mol. The quantitative estimate of drug-likeness (QED) is 0.348. The number of halogens is 1. The van der Waals surface area contributed by atoms with Gasteiger partial charge in [-0.3, -0.25) is 14.5 Å². The summed E-state index contributed by atoms with van der Waals surface area (Å²) < 4.78 is 12.0. The largest absolute Gasteiger partial charge is 0.497 e. The van der Waals surface area contributed by atoms with Gasteiger partial charge in [0.1, 0.15) is 16.3 Å². The van der Waals surface area contributed by atoms with Gasteiger partial charge in [0.05, 0.1) is 24.1 Å². The van der Waals surface area contributed by atoms with E-state index in [0.29, 0.717) is 33.3 Å². The Hall–Kier alpha value is -3.04. The number of anilines is 1. The van der Waals surface area contributed by atoms with Crippen LogP contribution in [0.2, 0.25) is 0 Å². The number of fused-ring (bicyclic) bond motifs is 2. The van der Waals surface area contributed by atoms with Crippen molar-refractivity contribution in [2.24, 2.45) is 5.92 Å². The number of hydrogen-bond donors (Lipinski definition) is 0. The molecule has 7 nitrogen and oxygen atoms in total. The molecule has 1 aliphatic heterocycles. The molecular weight excluding hydrogens is 506 g/mol. The van der Waals surface area contributed by atoms with Crippen LogP contribution in [-0.4, -0.2) is 23.2 Å². The fraction of sp³-hybridized carbons (Fsp3) is 0.250. The van der Waals surface area contributed by atoms with Crippen LogP contribution in [0, 0.1) is 5.92 Å². The van der Waals surface area contributed by atoms with Crippen LogP contribution >= 0.6 is 27.3 Å². The zero-order valence-electron chi connectivity index (χ0n) is 18.2. The average Bonchev–Trinajstić information content (AvgIpc) is 3.36.